The second-order valence-electron chi connectivity index (χ2n) is 4.82. The zero-order valence-electron chi connectivity index (χ0n) is 11.0. The first-order valence-corrected chi connectivity index (χ1v) is 6.61. The molecule has 1 aliphatic carbocycles. The standard InChI is InChI=1S/C15H19F2NO/c1-11(18-13-5-3-2-4-6-13)12-7-9-14(10-8-12)19-15(16)17/h2-3,7-11,13,15,18H,4-6H2,1H3. The molecule has 104 valence electrons. The maximum Gasteiger partial charge on any atom is 0.387 e. The number of alkyl halides is 2. The van der Waals surface area contributed by atoms with Crippen LogP contribution in [0.3, 0.4) is 0 Å². The van der Waals surface area contributed by atoms with E-state index in [0.717, 1.165) is 24.8 Å². The van der Waals surface area contributed by atoms with Crippen LogP contribution >= 0.6 is 0 Å². The Kier molecular flexibility index (Phi) is 4.91. The van der Waals surface area contributed by atoms with Gasteiger partial charge >= 0.3 is 6.61 Å². The van der Waals surface area contributed by atoms with Gasteiger partial charge in [-0.25, -0.2) is 0 Å². The smallest absolute Gasteiger partial charge is 0.387 e. The molecule has 0 bridgehead atoms. The van der Waals surface area contributed by atoms with E-state index in [9.17, 15) is 8.78 Å². The van der Waals surface area contributed by atoms with Gasteiger partial charge in [-0.3, -0.25) is 0 Å². The summed E-state index contributed by atoms with van der Waals surface area (Å²) < 4.78 is 28.4. The maximum atomic E-state index is 12.0. The van der Waals surface area contributed by atoms with Crippen molar-refractivity contribution in [3.05, 3.63) is 42.0 Å². The number of halogens is 2. The van der Waals surface area contributed by atoms with Gasteiger partial charge in [-0.05, 0) is 43.9 Å². The van der Waals surface area contributed by atoms with E-state index < -0.39 is 6.61 Å². The molecule has 1 aliphatic rings. The predicted molar refractivity (Wildman–Crippen MR) is 71.4 cm³/mol. The van der Waals surface area contributed by atoms with Crippen molar-refractivity contribution >= 4 is 0 Å². The van der Waals surface area contributed by atoms with Gasteiger partial charge < -0.3 is 10.1 Å². The summed E-state index contributed by atoms with van der Waals surface area (Å²) in [5.41, 5.74) is 1.08. The van der Waals surface area contributed by atoms with Crippen LogP contribution in [0.15, 0.2) is 36.4 Å². The van der Waals surface area contributed by atoms with Crippen LogP contribution in [0.1, 0.15) is 37.8 Å². The number of hydrogen-bond acceptors (Lipinski definition) is 2. The van der Waals surface area contributed by atoms with Crippen LogP contribution in [-0.4, -0.2) is 12.7 Å². The van der Waals surface area contributed by atoms with Crippen LogP contribution in [0.25, 0.3) is 0 Å². The van der Waals surface area contributed by atoms with Crippen LogP contribution in [0, 0.1) is 0 Å². The first kappa shape index (κ1) is 14.0. The molecule has 0 spiro atoms. The Morgan fingerprint density at radius 3 is 2.53 bits per heavy atom. The summed E-state index contributed by atoms with van der Waals surface area (Å²) in [6.45, 7) is -0.684. The minimum Gasteiger partial charge on any atom is -0.435 e. The van der Waals surface area contributed by atoms with Gasteiger partial charge in [0.15, 0.2) is 0 Å². The molecule has 1 aromatic carbocycles. The first-order valence-electron chi connectivity index (χ1n) is 6.61. The van der Waals surface area contributed by atoms with Crippen LogP contribution in [0.2, 0.25) is 0 Å². The summed E-state index contributed by atoms with van der Waals surface area (Å²) in [5.74, 6) is 0.201. The van der Waals surface area contributed by atoms with Gasteiger partial charge in [0, 0.05) is 12.1 Å². The molecule has 2 nitrogen and oxygen atoms in total. The summed E-state index contributed by atoms with van der Waals surface area (Å²) in [4.78, 5) is 0. The molecule has 0 fully saturated rings. The van der Waals surface area contributed by atoms with E-state index in [4.69, 9.17) is 0 Å². The van der Waals surface area contributed by atoms with Crippen molar-refractivity contribution in [2.24, 2.45) is 0 Å². The van der Waals surface area contributed by atoms with Gasteiger partial charge in [-0.1, -0.05) is 24.3 Å². The number of allylic oxidation sites excluding steroid dienone is 1. The molecule has 2 rings (SSSR count). The highest BCUT2D eigenvalue weighted by atomic mass is 19.3. The minimum atomic E-state index is -2.77. The fraction of sp³-hybridized carbons (Fsp3) is 0.467. The largest absolute Gasteiger partial charge is 0.435 e. The molecule has 4 heteroatoms. The van der Waals surface area contributed by atoms with Crippen molar-refractivity contribution in [1.82, 2.24) is 5.32 Å². The molecule has 1 aromatic rings. The molecular weight excluding hydrogens is 248 g/mol. The minimum absolute atomic E-state index is 0.201. The first-order chi connectivity index (χ1) is 9.15. The summed E-state index contributed by atoms with van der Waals surface area (Å²) in [5, 5.41) is 3.56. The lowest BCUT2D eigenvalue weighted by Gasteiger charge is -2.24. The average molecular weight is 267 g/mol. The van der Waals surface area contributed by atoms with Gasteiger partial charge in [0.1, 0.15) is 5.75 Å². The third-order valence-corrected chi connectivity index (χ3v) is 3.36. The van der Waals surface area contributed by atoms with Crippen molar-refractivity contribution in [2.75, 3.05) is 0 Å². The fourth-order valence-electron chi connectivity index (χ4n) is 2.33. The third kappa shape index (κ3) is 4.31. The van der Waals surface area contributed by atoms with Gasteiger partial charge in [0.05, 0.1) is 0 Å². The Labute approximate surface area is 112 Å². The van der Waals surface area contributed by atoms with E-state index in [1.54, 1.807) is 12.1 Å². The van der Waals surface area contributed by atoms with Crippen LogP contribution < -0.4 is 10.1 Å². The number of rotatable bonds is 5. The fourth-order valence-corrected chi connectivity index (χ4v) is 2.33. The Balaban J connectivity index is 1.91. The third-order valence-electron chi connectivity index (χ3n) is 3.36. The van der Waals surface area contributed by atoms with Crippen molar-refractivity contribution < 1.29 is 13.5 Å². The number of hydrogen-bond donors (Lipinski definition) is 1. The number of nitrogens with one attached hydrogen (secondary N) is 1. The Bertz CT molecular complexity index is 417. The summed E-state index contributed by atoms with van der Waals surface area (Å²) in [6.07, 6.45) is 7.72. The van der Waals surface area contributed by atoms with E-state index in [-0.39, 0.29) is 11.8 Å². The number of ether oxygens (including phenoxy) is 1. The molecule has 0 saturated carbocycles. The Morgan fingerprint density at radius 1 is 1.21 bits per heavy atom. The van der Waals surface area contributed by atoms with Crippen molar-refractivity contribution in [1.29, 1.82) is 0 Å². The molecule has 0 heterocycles. The van der Waals surface area contributed by atoms with Gasteiger partial charge in [-0.2, -0.15) is 8.78 Å². The predicted octanol–water partition coefficient (Wildman–Crippen LogP) is 4.05. The van der Waals surface area contributed by atoms with Crippen LogP contribution in [0.4, 0.5) is 8.78 Å². The lowest BCUT2D eigenvalue weighted by Crippen LogP contribution is -2.32. The SMILES string of the molecule is CC(NC1CC=CCC1)c1ccc(OC(F)F)cc1. The summed E-state index contributed by atoms with van der Waals surface area (Å²) >= 11 is 0. The zero-order valence-corrected chi connectivity index (χ0v) is 11.0. The molecular formula is C15H19F2NO. The average Bonchev–Trinajstić information content (AvgIpc) is 2.40. The highest BCUT2D eigenvalue weighted by molar-refractivity contribution is 5.29. The maximum absolute atomic E-state index is 12.0. The quantitative estimate of drug-likeness (QED) is 0.813. The highest BCUT2D eigenvalue weighted by Gasteiger charge is 2.14. The Hall–Kier alpha value is -1.42. The van der Waals surface area contributed by atoms with E-state index in [1.165, 1.54) is 0 Å². The van der Waals surface area contributed by atoms with Gasteiger partial charge in [0.2, 0.25) is 0 Å². The van der Waals surface area contributed by atoms with Gasteiger partial charge in [-0.15, -0.1) is 0 Å². The summed E-state index contributed by atoms with van der Waals surface area (Å²) in [6, 6.07) is 7.53. The molecule has 0 aromatic heterocycles. The second-order valence-corrected chi connectivity index (χ2v) is 4.82. The molecule has 19 heavy (non-hydrogen) atoms. The molecule has 0 amide bonds. The van der Waals surface area contributed by atoms with E-state index >= 15 is 0 Å². The van der Waals surface area contributed by atoms with Crippen LogP contribution in [-0.2, 0) is 0 Å². The monoisotopic (exact) mass is 267 g/mol. The van der Waals surface area contributed by atoms with E-state index in [1.807, 2.05) is 12.1 Å². The second kappa shape index (κ2) is 6.66. The van der Waals surface area contributed by atoms with Crippen LogP contribution in [0.5, 0.6) is 5.75 Å². The molecule has 0 aliphatic heterocycles. The van der Waals surface area contributed by atoms with E-state index in [0.29, 0.717) is 6.04 Å². The van der Waals surface area contributed by atoms with Crippen molar-refractivity contribution in [2.45, 2.75) is 44.9 Å². The molecule has 2 atom stereocenters. The summed E-state index contributed by atoms with van der Waals surface area (Å²) in [7, 11) is 0. The normalized spacial score (nSPS) is 20.5. The molecule has 0 radical (unpaired) electrons. The van der Waals surface area contributed by atoms with Crippen molar-refractivity contribution in [3.63, 3.8) is 0 Å². The molecule has 2 unspecified atom stereocenters. The van der Waals surface area contributed by atoms with E-state index in [2.05, 4.69) is 29.1 Å². The Morgan fingerprint density at radius 2 is 1.95 bits per heavy atom. The van der Waals surface area contributed by atoms with Crippen molar-refractivity contribution in [3.8, 4) is 5.75 Å². The lowest BCUT2D eigenvalue weighted by atomic mass is 9.99. The lowest BCUT2D eigenvalue weighted by molar-refractivity contribution is -0.0498. The molecule has 1 N–H and O–H groups in total. The zero-order chi connectivity index (χ0) is 13.7. The number of benzene rings is 1. The highest BCUT2D eigenvalue weighted by Crippen LogP contribution is 2.21. The topological polar surface area (TPSA) is 21.3 Å². The van der Waals surface area contributed by atoms with Gasteiger partial charge in [0.25, 0.3) is 0 Å². The molecule has 0 saturated heterocycles.